The minimum atomic E-state index is -0.820. The van der Waals surface area contributed by atoms with Crippen molar-refractivity contribution in [3.63, 3.8) is 0 Å². The molecule has 0 aromatic heterocycles. The molecule has 1 aromatic rings. The van der Waals surface area contributed by atoms with E-state index in [2.05, 4.69) is 0 Å². The van der Waals surface area contributed by atoms with E-state index in [1.807, 2.05) is 0 Å². The Kier molecular flexibility index (Phi) is 3.45. The molecule has 1 fully saturated rings. The highest BCUT2D eigenvalue weighted by Gasteiger charge is 2.28. The summed E-state index contributed by atoms with van der Waals surface area (Å²) >= 11 is 0. The third-order valence-corrected chi connectivity index (χ3v) is 2.98. The summed E-state index contributed by atoms with van der Waals surface area (Å²) in [6, 6.07) is 6.02. The molecule has 1 atom stereocenters. The van der Waals surface area contributed by atoms with E-state index in [0.29, 0.717) is 5.92 Å². The largest absolute Gasteiger partial charge is 0.442 e. The lowest BCUT2D eigenvalue weighted by Gasteiger charge is -2.16. The molecule has 0 saturated heterocycles. The fraction of sp³-hybridized carbons (Fsp3) is 0.417. The Labute approximate surface area is 104 Å². The molecule has 1 amide bonds. The minimum absolute atomic E-state index is 0.0167. The number of hydrogen-bond donors (Lipinski definition) is 1. The Morgan fingerprint density at radius 2 is 2.06 bits per heavy atom. The summed E-state index contributed by atoms with van der Waals surface area (Å²) in [7, 11) is 0. The van der Waals surface area contributed by atoms with Crippen molar-refractivity contribution >= 4 is 11.8 Å². The van der Waals surface area contributed by atoms with Crippen molar-refractivity contribution in [3.8, 4) is 0 Å². The molecule has 0 radical (unpaired) electrons. The number of primary amides is 1. The van der Waals surface area contributed by atoms with Crippen LogP contribution in [0.3, 0.4) is 0 Å². The summed E-state index contributed by atoms with van der Waals surface area (Å²) in [5.41, 5.74) is 5.79. The lowest BCUT2D eigenvalue weighted by Crippen LogP contribution is -2.17. The molecule has 1 aromatic carbocycles. The van der Waals surface area contributed by atoms with Crippen molar-refractivity contribution in [3.05, 3.63) is 39.9 Å². The second kappa shape index (κ2) is 5.03. The summed E-state index contributed by atoms with van der Waals surface area (Å²) in [4.78, 5) is 20.9. The van der Waals surface area contributed by atoms with Gasteiger partial charge in [-0.1, -0.05) is 12.8 Å². The van der Waals surface area contributed by atoms with Crippen LogP contribution in [0.25, 0.3) is 0 Å². The van der Waals surface area contributed by atoms with E-state index in [4.69, 9.17) is 10.5 Å². The zero-order valence-electron chi connectivity index (χ0n) is 9.74. The maximum absolute atomic E-state index is 10.9. The number of non-ortho nitro benzene ring substituents is 1. The van der Waals surface area contributed by atoms with Gasteiger partial charge in [-0.3, -0.25) is 10.1 Å². The maximum atomic E-state index is 10.9. The van der Waals surface area contributed by atoms with Gasteiger partial charge in [-0.25, -0.2) is 4.79 Å². The Morgan fingerprint density at radius 1 is 1.44 bits per heavy atom. The van der Waals surface area contributed by atoms with Gasteiger partial charge in [-0.15, -0.1) is 0 Å². The van der Waals surface area contributed by atoms with Crippen LogP contribution in [0, 0.1) is 16.0 Å². The molecule has 0 aliphatic heterocycles. The number of carbonyl (C=O) groups is 1. The first kappa shape index (κ1) is 12.3. The highest BCUT2D eigenvalue weighted by atomic mass is 16.6. The van der Waals surface area contributed by atoms with Gasteiger partial charge >= 0.3 is 6.09 Å². The maximum Gasteiger partial charge on any atom is 0.405 e. The van der Waals surface area contributed by atoms with Gasteiger partial charge in [0.15, 0.2) is 0 Å². The van der Waals surface area contributed by atoms with E-state index < -0.39 is 17.1 Å². The van der Waals surface area contributed by atoms with Gasteiger partial charge in [-0.2, -0.15) is 0 Å². The average molecular weight is 250 g/mol. The lowest BCUT2D eigenvalue weighted by atomic mass is 10.0. The number of carbonyl (C=O) groups excluding carboxylic acids is 1. The molecule has 1 unspecified atom stereocenters. The predicted octanol–water partition coefficient (Wildman–Crippen LogP) is 2.53. The second-order valence-electron chi connectivity index (χ2n) is 4.45. The Balaban J connectivity index is 2.12. The number of nitro groups is 1. The van der Waals surface area contributed by atoms with Gasteiger partial charge in [-0.05, 0) is 30.0 Å². The van der Waals surface area contributed by atoms with Gasteiger partial charge in [0.05, 0.1) is 4.92 Å². The molecule has 1 aliphatic carbocycles. The van der Waals surface area contributed by atoms with E-state index >= 15 is 0 Å². The molecule has 2 N–H and O–H groups in total. The number of nitro benzene ring substituents is 1. The standard InChI is InChI=1S/C12H14N2O4/c13-12(15)18-11(7-8-1-2-8)9-3-5-10(6-4-9)14(16)17/h3-6,8,11H,1-2,7H2,(H2,13,15). The van der Waals surface area contributed by atoms with E-state index in [-0.39, 0.29) is 5.69 Å². The first-order valence-electron chi connectivity index (χ1n) is 5.76. The first-order chi connectivity index (χ1) is 8.56. The highest BCUT2D eigenvalue weighted by Crippen LogP contribution is 2.39. The molecular weight excluding hydrogens is 236 g/mol. The van der Waals surface area contributed by atoms with E-state index in [1.54, 1.807) is 12.1 Å². The fourth-order valence-corrected chi connectivity index (χ4v) is 1.86. The van der Waals surface area contributed by atoms with Gasteiger partial charge < -0.3 is 10.5 Å². The fourth-order valence-electron chi connectivity index (χ4n) is 1.86. The summed E-state index contributed by atoms with van der Waals surface area (Å²) in [6.07, 6.45) is 1.76. The minimum Gasteiger partial charge on any atom is -0.442 e. The van der Waals surface area contributed by atoms with Crippen LogP contribution < -0.4 is 5.73 Å². The molecule has 6 heteroatoms. The summed E-state index contributed by atoms with van der Waals surface area (Å²) in [5, 5.41) is 10.5. The van der Waals surface area contributed by atoms with Gasteiger partial charge in [0.1, 0.15) is 6.10 Å². The van der Waals surface area contributed by atoms with Gasteiger partial charge in [0, 0.05) is 12.1 Å². The zero-order valence-corrected chi connectivity index (χ0v) is 9.74. The molecule has 0 spiro atoms. The van der Waals surface area contributed by atoms with Crippen LogP contribution >= 0.6 is 0 Å². The number of amides is 1. The Morgan fingerprint density at radius 3 is 2.50 bits per heavy atom. The van der Waals surface area contributed by atoms with Crippen LogP contribution in [-0.2, 0) is 4.74 Å². The summed E-state index contributed by atoms with van der Waals surface area (Å²) < 4.78 is 5.06. The Bertz CT molecular complexity index is 454. The van der Waals surface area contributed by atoms with Gasteiger partial charge in [0.25, 0.3) is 5.69 Å². The number of ether oxygens (including phenoxy) is 1. The first-order valence-corrected chi connectivity index (χ1v) is 5.76. The lowest BCUT2D eigenvalue weighted by molar-refractivity contribution is -0.384. The average Bonchev–Trinajstić information content (AvgIpc) is 3.12. The molecule has 96 valence electrons. The van der Waals surface area contributed by atoms with Crippen molar-refractivity contribution < 1.29 is 14.5 Å². The van der Waals surface area contributed by atoms with Crippen molar-refractivity contribution in [2.45, 2.75) is 25.4 Å². The highest BCUT2D eigenvalue weighted by molar-refractivity contribution is 5.65. The third-order valence-electron chi connectivity index (χ3n) is 2.98. The molecule has 2 rings (SSSR count). The van der Waals surface area contributed by atoms with Crippen molar-refractivity contribution in [1.82, 2.24) is 0 Å². The molecule has 0 heterocycles. The number of rotatable bonds is 5. The van der Waals surface area contributed by atoms with E-state index in [0.717, 1.165) is 24.8 Å². The van der Waals surface area contributed by atoms with Crippen LogP contribution in [-0.4, -0.2) is 11.0 Å². The van der Waals surface area contributed by atoms with Crippen LogP contribution in [0.15, 0.2) is 24.3 Å². The monoisotopic (exact) mass is 250 g/mol. The Hall–Kier alpha value is -2.11. The molecule has 18 heavy (non-hydrogen) atoms. The third kappa shape index (κ3) is 3.19. The van der Waals surface area contributed by atoms with Crippen molar-refractivity contribution in [1.29, 1.82) is 0 Å². The molecule has 6 nitrogen and oxygen atoms in total. The number of nitrogens with zero attached hydrogens (tertiary/aromatic N) is 1. The molecule has 1 saturated carbocycles. The molecule has 1 aliphatic rings. The molecule has 0 bridgehead atoms. The summed E-state index contributed by atoms with van der Waals surface area (Å²) in [6.45, 7) is 0. The normalized spacial score (nSPS) is 16.0. The van der Waals surface area contributed by atoms with E-state index in [1.165, 1.54) is 12.1 Å². The van der Waals surface area contributed by atoms with Crippen LogP contribution in [0.4, 0.5) is 10.5 Å². The van der Waals surface area contributed by atoms with Crippen LogP contribution in [0.1, 0.15) is 30.9 Å². The number of hydrogen-bond acceptors (Lipinski definition) is 4. The van der Waals surface area contributed by atoms with Crippen molar-refractivity contribution in [2.24, 2.45) is 11.7 Å². The second-order valence-corrected chi connectivity index (χ2v) is 4.45. The van der Waals surface area contributed by atoms with Crippen LogP contribution in [0.2, 0.25) is 0 Å². The van der Waals surface area contributed by atoms with Crippen LogP contribution in [0.5, 0.6) is 0 Å². The zero-order chi connectivity index (χ0) is 13.1. The van der Waals surface area contributed by atoms with Gasteiger partial charge in [0.2, 0.25) is 0 Å². The van der Waals surface area contributed by atoms with E-state index in [9.17, 15) is 14.9 Å². The predicted molar refractivity (Wildman–Crippen MR) is 63.8 cm³/mol. The SMILES string of the molecule is NC(=O)OC(CC1CC1)c1ccc([N+](=O)[O-])cc1. The quantitative estimate of drug-likeness (QED) is 0.641. The summed E-state index contributed by atoms with van der Waals surface area (Å²) in [5.74, 6) is 0.560. The smallest absolute Gasteiger partial charge is 0.405 e. The number of nitrogens with two attached hydrogens (primary N) is 1. The molecular formula is C12H14N2O4. The van der Waals surface area contributed by atoms with Crippen molar-refractivity contribution in [2.75, 3.05) is 0 Å². The number of benzene rings is 1. The topological polar surface area (TPSA) is 95.5 Å².